The number of aromatic nitrogens is 1. The molecule has 1 amide bonds. The lowest BCUT2D eigenvalue weighted by molar-refractivity contribution is -0.137. The first-order valence-corrected chi connectivity index (χ1v) is 6.96. The zero-order valence-electron chi connectivity index (χ0n) is 12.3. The zero-order valence-corrected chi connectivity index (χ0v) is 13.9. The molecule has 2 rings (SSSR count). The maximum atomic E-state index is 12.4. The molecule has 0 bridgehead atoms. The van der Waals surface area contributed by atoms with Gasteiger partial charge in [-0.15, -0.1) is 24.8 Å². The van der Waals surface area contributed by atoms with Crippen LogP contribution < -0.4 is 11.1 Å². The molecule has 1 saturated carbocycles. The lowest BCUT2D eigenvalue weighted by atomic mass is 9.84. The summed E-state index contributed by atoms with van der Waals surface area (Å²) in [6.07, 6.45) is 0.136. The molecule has 132 valence electrons. The highest BCUT2D eigenvalue weighted by atomic mass is 35.5. The van der Waals surface area contributed by atoms with Crippen LogP contribution in [0.3, 0.4) is 0 Å². The van der Waals surface area contributed by atoms with Gasteiger partial charge in [-0.25, -0.2) is 0 Å². The number of amides is 1. The van der Waals surface area contributed by atoms with E-state index in [-0.39, 0.29) is 42.5 Å². The lowest BCUT2D eigenvalue weighted by Gasteiger charge is -2.31. The van der Waals surface area contributed by atoms with Crippen molar-refractivity contribution in [1.29, 1.82) is 0 Å². The molecular formula is C14H20Cl2F3N3O. The maximum Gasteiger partial charge on any atom is 0.417 e. The van der Waals surface area contributed by atoms with E-state index in [1.54, 1.807) is 0 Å². The first-order valence-electron chi connectivity index (χ1n) is 6.96. The fraction of sp³-hybridized carbons (Fsp3) is 0.571. The third-order valence-electron chi connectivity index (χ3n) is 3.85. The molecule has 1 fully saturated rings. The summed E-state index contributed by atoms with van der Waals surface area (Å²) in [5.74, 6) is -0.230. The van der Waals surface area contributed by atoms with Crippen LogP contribution in [0.1, 0.15) is 41.7 Å². The summed E-state index contributed by atoms with van der Waals surface area (Å²) >= 11 is 0. The summed E-state index contributed by atoms with van der Waals surface area (Å²) in [7, 11) is 0. The Balaban J connectivity index is 0.00000242. The molecular weight excluding hydrogens is 354 g/mol. The second kappa shape index (κ2) is 9.30. The van der Waals surface area contributed by atoms with Crippen molar-refractivity contribution in [3.63, 3.8) is 0 Å². The van der Waals surface area contributed by atoms with Crippen LogP contribution in [0.15, 0.2) is 18.3 Å². The molecule has 1 aliphatic rings. The number of pyridine rings is 1. The molecule has 4 nitrogen and oxygen atoms in total. The molecule has 2 atom stereocenters. The Labute approximate surface area is 145 Å². The van der Waals surface area contributed by atoms with E-state index >= 15 is 0 Å². The van der Waals surface area contributed by atoms with Gasteiger partial charge in [-0.2, -0.15) is 13.2 Å². The van der Waals surface area contributed by atoms with E-state index in [9.17, 15) is 18.0 Å². The molecule has 2 unspecified atom stereocenters. The van der Waals surface area contributed by atoms with Gasteiger partial charge in [0.25, 0.3) is 5.91 Å². The average molecular weight is 374 g/mol. The number of alkyl halides is 3. The summed E-state index contributed by atoms with van der Waals surface area (Å²) in [6.45, 7) is 0.491. The maximum absolute atomic E-state index is 12.4. The van der Waals surface area contributed by atoms with Gasteiger partial charge in [0.2, 0.25) is 0 Å². The van der Waals surface area contributed by atoms with Crippen molar-refractivity contribution in [2.45, 2.75) is 37.9 Å². The normalized spacial score (nSPS) is 20.9. The van der Waals surface area contributed by atoms with E-state index in [0.717, 1.165) is 37.8 Å². The molecule has 1 aliphatic carbocycles. The number of hydrogen-bond acceptors (Lipinski definition) is 3. The van der Waals surface area contributed by atoms with Crippen LogP contribution in [-0.2, 0) is 6.18 Å². The van der Waals surface area contributed by atoms with Gasteiger partial charge in [-0.3, -0.25) is 9.78 Å². The largest absolute Gasteiger partial charge is 0.417 e. The van der Waals surface area contributed by atoms with E-state index in [4.69, 9.17) is 5.73 Å². The van der Waals surface area contributed by atoms with Crippen molar-refractivity contribution in [2.24, 2.45) is 11.7 Å². The Morgan fingerprint density at radius 3 is 2.43 bits per heavy atom. The summed E-state index contributed by atoms with van der Waals surface area (Å²) in [6, 6.07) is 1.93. The molecule has 0 aromatic carbocycles. The van der Waals surface area contributed by atoms with Crippen LogP contribution in [0.2, 0.25) is 0 Å². The summed E-state index contributed by atoms with van der Waals surface area (Å²) in [4.78, 5) is 15.6. The van der Waals surface area contributed by atoms with Crippen molar-refractivity contribution < 1.29 is 18.0 Å². The standard InChI is InChI=1S/C14H18F3N3O.2ClH/c15-14(16,17)10-5-6-12(19-8-10)13(21)20-11-4-2-1-3-9(11)7-18;;/h5-6,8-9,11H,1-4,7,18H2,(H,20,21);2*1H. The quantitative estimate of drug-likeness (QED) is 0.854. The van der Waals surface area contributed by atoms with Crippen LogP contribution in [0.25, 0.3) is 0 Å². The SMILES string of the molecule is Cl.Cl.NCC1CCCCC1NC(=O)c1ccc(C(F)(F)F)cn1. The van der Waals surface area contributed by atoms with E-state index < -0.39 is 17.6 Å². The number of nitrogens with one attached hydrogen (secondary N) is 1. The number of carbonyl (C=O) groups is 1. The van der Waals surface area contributed by atoms with Crippen molar-refractivity contribution in [3.8, 4) is 0 Å². The number of halogens is 5. The zero-order chi connectivity index (χ0) is 15.5. The highest BCUT2D eigenvalue weighted by molar-refractivity contribution is 5.92. The Kier molecular flexibility index (Phi) is 8.87. The molecule has 0 radical (unpaired) electrons. The fourth-order valence-electron chi connectivity index (χ4n) is 2.62. The van der Waals surface area contributed by atoms with Gasteiger partial charge in [0.1, 0.15) is 5.69 Å². The summed E-state index contributed by atoms with van der Waals surface area (Å²) < 4.78 is 37.3. The van der Waals surface area contributed by atoms with Gasteiger partial charge in [-0.1, -0.05) is 12.8 Å². The van der Waals surface area contributed by atoms with E-state index in [0.29, 0.717) is 12.7 Å². The first kappa shape index (κ1) is 21.9. The molecule has 3 N–H and O–H groups in total. The predicted octanol–water partition coefficient (Wildman–Crippen LogP) is 3.19. The average Bonchev–Trinajstić information content (AvgIpc) is 2.47. The van der Waals surface area contributed by atoms with Crippen LogP contribution in [0, 0.1) is 5.92 Å². The second-order valence-corrected chi connectivity index (χ2v) is 5.29. The highest BCUT2D eigenvalue weighted by Crippen LogP contribution is 2.28. The fourth-order valence-corrected chi connectivity index (χ4v) is 2.62. The highest BCUT2D eigenvalue weighted by Gasteiger charge is 2.31. The molecule has 1 heterocycles. The van der Waals surface area contributed by atoms with Gasteiger partial charge >= 0.3 is 6.18 Å². The lowest BCUT2D eigenvalue weighted by Crippen LogP contribution is -2.44. The number of nitrogens with zero attached hydrogens (tertiary/aromatic N) is 1. The smallest absolute Gasteiger partial charge is 0.348 e. The first-order chi connectivity index (χ1) is 9.91. The molecule has 1 aromatic rings. The van der Waals surface area contributed by atoms with Crippen LogP contribution >= 0.6 is 24.8 Å². The van der Waals surface area contributed by atoms with Crippen molar-refractivity contribution in [3.05, 3.63) is 29.6 Å². The third kappa shape index (κ3) is 5.82. The van der Waals surface area contributed by atoms with E-state index in [2.05, 4.69) is 10.3 Å². The summed E-state index contributed by atoms with van der Waals surface area (Å²) in [5.41, 5.74) is 4.81. The molecule has 9 heteroatoms. The van der Waals surface area contributed by atoms with Gasteiger partial charge in [0.05, 0.1) is 5.56 Å². The number of nitrogens with two attached hydrogens (primary N) is 1. The van der Waals surface area contributed by atoms with Crippen LogP contribution in [0.4, 0.5) is 13.2 Å². The number of carbonyl (C=O) groups excluding carboxylic acids is 1. The topological polar surface area (TPSA) is 68.0 Å². The van der Waals surface area contributed by atoms with Gasteiger partial charge in [0, 0.05) is 12.2 Å². The Hall–Kier alpha value is -1.05. The van der Waals surface area contributed by atoms with Crippen molar-refractivity contribution >= 4 is 30.7 Å². The third-order valence-corrected chi connectivity index (χ3v) is 3.85. The van der Waals surface area contributed by atoms with E-state index in [1.165, 1.54) is 0 Å². The minimum absolute atomic E-state index is 0. The molecule has 0 aliphatic heterocycles. The predicted molar refractivity (Wildman–Crippen MR) is 86.0 cm³/mol. The molecule has 23 heavy (non-hydrogen) atoms. The second-order valence-electron chi connectivity index (χ2n) is 5.29. The van der Waals surface area contributed by atoms with Crippen molar-refractivity contribution in [2.75, 3.05) is 6.54 Å². The molecule has 0 spiro atoms. The minimum atomic E-state index is -4.45. The Morgan fingerprint density at radius 2 is 1.91 bits per heavy atom. The number of rotatable bonds is 3. The Bertz CT molecular complexity index is 497. The molecule has 0 saturated heterocycles. The van der Waals surface area contributed by atoms with E-state index in [1.807, 2.05) is 0 Å². The number of hydrogen-bond donors (Lipinski definition) is 2. The summed E-state index contributed by atoms with van der Waals surface area (Å²) in [5, 5.41) is 2.83. The van der Waals surface area contributed by atoms with Gasteiger partial charge in [0.15, 0.2) is 0 Å². The van der Waals surface area contributed by atoms with Crippen molar-refractivity contribution in [1.82, 2.24) is 10.3 Å². The van der Waals surface area contributed by atoms with Gasteiger partial charge in [-0.05, 0) is 37.4 Å². The van der Waals surface area contributed by atoms with Crippen LogP contribution in [-0.4, -0.2) is 23.5 Å². The monoisotopic (exact) mass is 373 g/mol. The Morgan fingerprint density at radius 1 is 1.26 bits per heavy atom. The minimum Gasteiger partial charge on any atom is -0.348 e. The van der Waals surface area contributed by atoms with Crippen LogP contribution in [0.5, 0.6) is 0 Å². The molecule has 1 aromatic heterocycles. The van der Waals surface area contributed by atoms with Gasteiger partial charge < -0.3 is 11.1 Å².